The van der Waals surface area contributed by atoms with Crippen LogP contribution in [0.4, 0.5) is 0 Å². The topological polar surface area (TPSA) is 33.2 Å². The molecule has 1 aromatic heterocycles. The second kappa shape index (κ2) is 6.05. The minimum Gasteiger partial charge on any atom is -0.322 e. The van der Waals surface area contributed by atoms with E-state index in [0.29, 0.717) is 0 Å². The van der Waals surface area contributed by atoms with Gasteiger partial charge in [0, 0.05) is 35.8 Å². The summed E-state index contributed by atoms with van der Waals surface area (Å²) < 4.78 is 0. The number of hydrogen-bond acceptors (Lipinski definition) is 3. The van der Waals surface area contributed by atoms with Gasteiger partial charge in [0.25, 0.3) is 5.91 Å². The van der Waals surface area contributed by atoms with E-state index in [1.165, 1.54) is 0 Å². The third-order valence-electron chi connectivity index (χ3n) is 4.12. The van der Waals surface area contributed by atoms with Crippen molar-refractivity contribution in [3.63, 3.8) is 0 Å². The number of rotatable bonds is 2. The molecule has 0 N–H and O–H groups in total. The Morgan fingerprint density at radius 3 is 2.78 bits per heavy atom. The molecule has 0 saturated carbocycles. The van der Waals surface area contributed by atoms with Gasteiger partial charge < -0.3 is 4.90 Å². The Labute approximate surface area is 139 Å². The van der Waals surface area contributed by atoms with Gasteiger partial charge >= 0.3 is 0 Å². The van der Waals surface area contributed by atoms with Gasteiger partial charge in [-0.15, -0.1) is 11.8 Å². The minimum absolute atomic E-state index is 0.0580. The highest BCUT2D eigenvalue weighted by Crippen LogP contribution is 2.38. The molecule has 1 atom stereocenters. The Morgan fingerprint density at radius 2 is 1.96 bits per heavy atom. The van der Waals surface area contributed by atoms with E-state index in [9.17, 15) is 4.79 Å². The lowest BCUT2D eigenvalue weighted by Crippen LogP contribution is -2.30. The lowest BCUT2D eigenvalue weighted by Gasteiger charge is -2.24. The fourth-order valence-corrected chi connectivity index (χ4v) is 4.20. The zero-order valence-electron chi connectivity index (χ0n) is 12.6. The van der Waals surface area contributed by atoms with E-state index in [0.717, 1.165) is 34.2 Å². The summed E-state index contributed by atoms with van der Waals surface area (Å²) in [6.07, 6.45) is 3.61. The number of pyridine rings is 1. The van der Waals surface area contributed by atoms with Gasteiger partial charge in [-0.3, -0.25) is 9.78 Å². The summed E-state index contributed by atoms with van der Waals surface area (Å²) in [6, 6.07) is 18.0. The Kier molecular flexibility index (Phi) is 3.75. The predicted molar refractivity (Wildman–Crippen MR) is 94.4 cm³/mol. The molecule has 0 bridgehead atoms. The van der Waals surface area contributed by atoms with Crippen LogP contribution in [0.3, 0.4) is 0 Å². The molecule has 0 spiro atoms. The molecule has 1 aliphatic rings. The predicted octanol–water partition coefficient (Wildman–Crippen LogP) is 4.12. The van der Waals surface area contributed by atoms with E-state index >= 15 is 0 Å². The average Bonchev–Trinajstić information content (AvgIpc) is 3.11. The molecule has 1 saturated heterocycles. The second-order valence-corrected chi connectivity index (χ2v) is 6.76. The summed E-state index contributed by atoms with van der Waals surface area (Å²) in [5.41, 5.74) is 1.84. The number of carbonyl (C=O) groups excluding carboxylic acids is 1. The first-order valence-corrected chi connectivity index (χ1v) is 8.69. The molecule has 4 rings (SSSR count). The van der Waals surface area contributed by atoms with Crippen LogP contribution in [0, 0.1) is 0 Å². The molecule has 1 unspecified atom stereocenters. The number of hydrogen-bond donors (Lipinski definition) is 0. The van der Waals surface area contributed by atoms with E-state index in [2.05, 4.69) is 11.1 Å². The van der Waals surface area contributed by atoms with Gasteiger partial charge in [-0.1, -0.05) is 36.4 Å². The average molecular weight is 320 g/mol. The van der Waals surface area contributed by atoms with Gasteiger partial charge in [0.15, 0.2) is 0 Å². The van der Waals surface area contributed by atoms with Crippen LogP contribution in [0.2, 0.25) is 0 Å². The maximum Gasteiger partial charge on any atom is 0.255 e. The van der Waals surface area contributed by atoms with E-state index in [1.807, 2.05) is 59.6 Å². The summed E-state index contributed by atoms with van der Waals surface area (Å²) >= 11 is 1.80. The quantitative estimate of drug-likeness (QED) is 0.712. The third-order valence-corrected chi connectivity index (χ3v) is 5.38. The van der Waals surface area contributed by atoms with Crippen molar-refractivity contribution >= 4 is 28.4 Å². The van der Waals surface area contributed by atoms with Gasteiger partial charge in [-0.05, 0) is 29.0 Å². The van der Waals surface area contributed by atoms with Crippen LogP contribution in [0.25, 0.3) is 10.8 Å². The molecular weight excluding hydrogens is 304 g/mol. The minimum atomic E-state index is 0.0580. The van der Waals surface area contributed by atoms with Crippen LogP contribution in [0.15, 0.2) is 67.0 Å². The van der Waals surface area contributed by atoms with Crippen LogP contribution in [-0.4, -0.2) is 28.1 Å². The molecule has 0 aliphatic carbocycles. The van der Waals surface area contributed by atoms with Crippen LogP contribution in [0.1, 0.15) is 21.3 Å². The highest BCUT2D eigenvalue weighted by atomic mass is 32.2. The number of amides is 1. The lowest BCUT2D eigenvalue weighted by molar-refractivity contribution is 0.0760. The molecule has 3 nitrogen and oxygen atoms in total. The molecule has 2 aromatic carbocycles. The first-order valence-electron chi connectivity index (χ1n) is 7.64. The molecule has 1 fully saturated rings. The number of carbonyl (C=O) groups is 1. The molecule has 2 heterocycles. The van der Waals surface area contributed by atoms with Gasteiger partial charge in [0.2, 0.25) is 0 Å². The molecule has 3 aromatic rings. The van der Waals surface area contributed by atoms with Gasteiger partial charge in [0.05, 0.1) is 0 Å². The molecule has 23 heavy (non-hydrogen) atoms. The van der Waals surface area contributed by atoms with Crippen LogP contribution < -0.4 is 0 Å². The van der Waals surface area contributed by atoms with Crippen LogP contribution >= 0.6 is 11.8 Å². The largest absolute Gasteiger partial charge is 0.322 e. The Balaban J connectivity index is 1.66. The monoisotopic (exact) mass is 320 g/mol. The van der Waals surface area contributed by atoms with E-state index in [4.69, 9.17) is 0 Å². The molecule has 1 aliphatic heterocycles. The fraction of sp³-hybridized carbons (Fsp3) is 0.158. The summed E-state index contributed by atoms with van der Waals surface area (Å²) in [5, 5.41) is 2.31. The van der Waals surface area contributed by atoms with Crippen molar-refractivity contribution in [2.24, 2.45) is 0 Å². The first-order chi connectivity index (χ1) is 11.3. The van der Waals surface area contributed by atoms with E-state index in [1.54, 1.807) is 18.0 Å². The standard InChI is InChI=1S/C19H16N2OS/c22-18(16-8-7-14-4-1-2-5-15(14)12-16)21-10-11-23-19(21)17-6-3-9-20-13-17/h1-9,12-13,19H,10-11H2. The number of aromatic nitrogens is 1. The van der Waals surface area contributed by atoms with Gasteiger partial charge in [-0.25, -0.2) is 0 Å². The lowest BCUT2D eigenvalue weighted by atomic mass is 10.1. The molecule has 114 valence electrons. The van der Waals surface area contributed by atoms with Crippen molar-refractivity contribution < 1.29 is 4.79 Å². The number of nitrogens with zero attached hydrogens (tertiary/aromatic N) is 2. The number of benzene rings is 2. The molecular formula is C19H16N2OS. The summed E-state index contributed by atoms with van der Waals surface area (Å²) in [4.78, 5) is 19.1. The van der Waals surface area contributed by atoms with Crippen molar-refractivity contribution in [3.8, 4) is 0 Å². The van der Waals surface area contributed by atoms with Crippen LogP contribution in [-0.2, 0) is 0 Å². The maximum absolute atomic E-state index is 13.0. The number of thioether (sulfide) groups is 1. The second-order valence-electron chi connectivity index (χ2n) is 5.57. The van der Waals surface area contributed by atoms with E-state index in [-0.39, 0.29) is 11.3 Å². The van der Waals surface area contributed by atoms with Crippen LogP contribution in [0.5, 0.6) is 0 Å². The third kappa shape index (κ3) is 2.70. The fourth-order valence-electron chi connectivity index (χ4n) is 2.96. The van der Waals surface area contributed by atoms with Gasteiger partial charge in [-0.2, -0.15) is 0 Å². The maximum atomic E-state index is 13.0. The van der Waals surface area contributed by atoms with Crippen molar-refractivity contribution in [2.45, 2.75) is 5.37 Å². The molecule has 0 radical (unpaired) electrons. The SMILES string of the molecule is O=C(c1ccc2ccccc2c1)N1CCSC1c1cccnc1. The normalized spacial score (nSPS) is 17.6. The molecule has 4 heteroatoms. The van der Waals surface area contributed by atoms with Crippen molar-refractivity contribution in [3.05, 3.63) is 78.1 Å². The van der Waals surface area contributed by atoms with E-state index < -0.39 is 0 Å². The summed E-state index contributed by atoms with van der Waals surface area (Å²) in [6.45, 7) is 0.774. The van der Waals surface area contributed by atoms with Crippen molar-refractivity contribution in [2.75, 3.05) is 12.3 Å². The smallest absolute Gasteiger partial charge is 0.255 e. The van der Waals surface area contributed by atoms with Crippen molar-refractivity contribution in [1.82, 2.24) is 9.88 Å². The zero-order chi connectivity index (χ0) is 15.6. The van der Waals surface area contributed by atoms with Gasteiger partial charge in [0.1, 0.15) is 5.37 Å². The highest BCUT2D eigenvalue weighted by molar-refractivity contribution is 7.99. The Hall–Kier alpha value is -2.33. The Morgan fingerprint density at radius 1 is 1.09 bits per heavy atom. The van der Waals surface area contributed by atoms with Crippen molar-refractivity contribution in [1.29, 1.82) is 0 Å². The zero-order valence-corrected chi connectivity index (χ0v) is 13.4. The highest BCUT2D eigenvalue weighted by Gasteiger charge is 2.31. The number of fused-ring (bicyclic) bond motifs is 1. The summed E-state index contributed by atoms with van der Waals surface area (Å²) in [5.74, 6) is 1.05. The molecule has 1 amide bonds. The first kappa shape index (κ1) is 14.3. The Bertz CT molecular complexity index is 850. The summed E-state index contributed by atoms with van der Waals surface area (Å²) in [7, 11) is 0.